The second-order valence-electron chi connectivity index (χ2n) is 6.14. The number of ether oxygens (including phenoxy) is 3. The number of oxime groups is 1. The van der Waals surface area contributed by atoms with E-state index in [-0.39, 0.29) is 35.2 Å². The number of carboxylic acids is 1. The molecule has 2 aliphatic rings. The molecule has 0 amide bonds. The number of ketones is 1. The molecule has 0 bridgehead atoms. The molecule has 0 atom stereocenters. The summed E-state index contributed by atoms with van der Waals surface area (Å²) in [5.41, 5.74) is 0.763. The van der Waals surface area contributed by atoms with Gasteiger partial charge in [-0.3, -0.25) is 4.79 Å². The number of aromatic hydroxyl groups is 1. The van der Waals surface area contributed by atoms with E-state index in [4.69, 9.17) is 19.0 Å². The standard InChI is InChI=1S/C20H15NO8/c1-26-14-4-3-9(17(19(14)23)20(24)25)11-5-13(22)10-6-15-16(29-8-28-15)7-12(10)18(11)21-27-2/h3-7,23H,8H2,1-2H3,(H,24,25)/b21-18+. The number of carboxylic acid groups (broad SMARTS) is 1. The van der Waals surface area contributed by atoms with Gasteiger partial charge in [0.2, 0.25) is 6.79 Å². The Labute approximate surface area is 164 Å². The number of methoxy groups -OCH3 is 1. The minimum atomic E-state index is -1.39. The van der Waals surface area contributed by atoms with Crippen LogP contribution in [-0.4, -0.2) is 48.7 Å². The van der Waals surface area contributed by atoms with E-state index in [0.29, 0.717) is 22.6 Å². The Kier molecular flexibility index (Phi) is 4.34. The average Bonchev–Trinajstić information content (AvgIpc) is 3.16. The molecule has 0 unspecified atom stereocenters. The Morgan fingerprint density at radius 2 is 1.79 bits per heavy atom. The largest absolute Gasteiger partial charge is 0.504 e. The summed E-state index contributed by atoms with van der Waals surface area (Å²) in [5, 5.41) is 24.0. The topological polar surface area (TPSA) is 124 Å². The van der Waals surface area contributed by atoms with Crippen LogP contribution in [0.3, 0.4) is 0 Å². The third-order valence-corrected chi connectivity index (χ3v) is 4.61. The van der Waals surface area contributed by atoms with Gasteiger partial charge < -0.3 is 29.3 Å². The second kappa shape index (κ2) is 6.86. The van der Waals surface area contributed by atoms with Crippen LogP contribution in [0.25, 0.3) is 5.57 Å². The third-order valence-electron chi connectivity index (χ3n) is 4.61. The third kappa shape index (κ3) is 2.83. The van der Waals surface area contributed by atoms with Crippen molar-refractivity contribution in [2.45, 2.75) is 0 Å². The lowest BCUT2D eigenvalue weighted by atomic mass is 9.83. The van der Waals surface area contributed by atoms with E-state index in [1.165, 1.54) is 32.4 Å². The Hall–Kier alpha value is -4.01. The van der Waals surface area contributed by atoms with Gasteiger partial charge in [0.25, 0.3) is 0 Å². The number of carbonyl (C=O) groups is 2. The molecule has 9 nitrogen and oxygen atoms in total. The smallest absolute Gasteiger partial charge is 0.340 e. The van der Waals surface area contributed by atoms with Crippen molar-refractivity contribution in [3.63, 3.8) is 0 Å². The number of rotatable bonds is 4. The molecule has 0 saturated heterocycles. The van der Waals surface area contributed by atoms with Crippen LogP contribution in [0.1, 0.15) is 31.8 Å². The molecule has 2 aromatic rings. The van der Waals surface area contributed by atoms with E-state index in [1.54, 1.807) is 12.1 Å². The number of benzene rings is 2. The van der Waals surface area contributed by atoms with Crippen molar-refractivity contribution in [1.29, 1.82) is 0 Å². The maximum Gasteiger partial charge on any atom is 0.340 e. The zero-order chi connectivity index (χ0) is 20.7. The molecular weight excluding hydrogens is 382 g/mol. The van der Waals surface area contributed by atoms with Gasteiger partial charge >= 0.3 is 5.97 Å². The summed E-state index contributed by atoms with van der Waals surface area (Å²) in [4.78, 5) is 29.6. The van der Waals surface area contributed by atoms with Crippen LogP contribution in [0.2, 0.25) is 0 Å². The second-order valence-corrected chi connectivity index (χ2v) is 6.14. The molecule has 1 aliphatic carbocycles. The van der Waals surface area contributed by atoms with Crippen LogP contribution < -0.4 is 14.2 Å². The summed E-state index contributed by atoms with van der Waals surface area (Å²) in [6.07, 6.45) is 1.25. The van der Waals surface area contributed by atoms with E-state index >= 15 is 0 Å². The summed E-state index contributed by atoms with van der Waals surface area (Å²) in [6, 6.07) is 5.97. The van der Waals surface area contributed by atoms with Gasteiger partial charge in [0.15, 0.2) is 28.8 Å². The number of phenols is 1. The first-order valence-corrected chi connectivity index (χ1v) is 8.41. The fourth-order valence-electron chi connectivity index (χ4n) is 3.34. The summed E-state index contributed by atoms with van der Waals surface area (Å²) in [7, 11) is 2.64. The molecule has 2 N–H and O–H groups in total. The van der Waals surface area contributed by atoms with E-state index in [1.807, 2.05) is 0 Å². The molecule has 9 heteroatoms. The van der Waals surface area contributed by atoms with E-state index in [9.17, 15) is 19.8 Å². The van der Waals surface area contributed by atoms with Crippen LogP contribution >= 0.6 is 0 Å². The molecule has 0 radical (unpaired) electrons. The zero-order valence-electron chi connectivity index (χ0n) is 15.4. The molecule has 0 saturated carbocycles. The number of fused-ring (bicyclic) bond motifs is 2. The van der Waals surface area contributed by atoms with Crippen molar-refractivity contribution in [2.24, 2.45) is 5.16 Å². The van der Waals surface area contributed by atoms with Crippen LogP contribution in [-0.2, 0) is 4.84 Å². The van der Waals surface area contributed by atoms with Gasteiger partial charge in [0.05, 0.1) is 7.11 Å². The van der Waals surface area contributed by atoms with Crippen molar-refractivity contribution in [3.05, 3.63) is 52.6 Å². The van der Waals surface area contributed by atoms with Crippen molar-refractivity contribution in [1.82, 2.24) is 0 Å². The van der Waals surface area contributed by atoms with Crippen LogP contribution in [0, 0.1) is 0 Å². The number of hydrogen-bond acceptors (Lipinski definition) is 8. The Morgan fingerprint density at radius 1 is 1.10 bits per heavy atom. The maximum atomic E-state index is 12.8. The number of hydrogen-bond donors (Lipinski definition) is 2. The quantitative estimate of drug-likeness (QED) is 0.754. The van der Waals surface area contributed by atoms with E-state index in [2.05, 4.69) is 5.16 Å². The van der Waals surface area contributed by atoms with Crippen LogP contribution in [0.4, 0.5) is 0 Å². The van der Waals surface area contributed by atoms with Crippen molar-refractivity contribution < 1.29 is 38.9 Å². The highest BCUT2D eigenvalue weighted by Gasteiger charge is 2.32. The van der Waals surface area contributed by atoms with E-state index in [0.717, 1.165) is 0 Å². The molecule has 1 aliphatic heterocycles. The summed E-state index contributed by atoms with van der Waals surface area (Å²) >= 11 is 0. The highest BCUT2D eigenvalue weighted by Crippen LogP contribution is 2.41. The Morgan fingerprint density at radius 3 is 2.41 bits per heavy atom. The van der Waals surface area contributed by atoms with Gasteiger partial charge in [0.1, 0.15) is 18.4 Å². The summed E-state index contributed by atoms with van der Waals surface area (Å²) in [6.45, 7) is 0.0268. The highest BCUT2D eigenvalue weighted by atomic mass is 16.7. The van der Waals surface area contributed by atoms with E-state index < -0.39 is 17.3 Å². The van der Waals surface area contributed by atoms with Gasteiger partial charge in [-0.1, -0.05) is 5.16 Å². The summed E-state index contributed by atoms with van der Waals surface area (Å²) < 4.78 is 15.7. The lowest BCUT2D eigenvalue weighted by Gasteiger charge is -2.21. The van der Waals surface area contributed by atoms with Crippen LogP contribution in [0.15, 0.2) is 35.5 Å². The molecule has 148 valence electrons. The monoisotopic (exact) mass is 397 g/mol. The predicted octanol–water partition coefficient (Wildman–Crippen LogP) is 2.46. The minimum Gasteiger partial charge on any atom is -0.504 e. The van der Waals surface area contributed by atoms with Crippen molar-refractivity contribution in [3.8, 4) is 23.0 Å². The number of allylic oxidation sites excluding steroid dienone is 2. The first kappa shape index (κ1) is 18.4. The molecular formula is C20H15NO8. The Bertz CT molecular complexity index is 1120. The van der Waals surface area contributed by atoms with Gasteiger partial charge in [-0.05, 0) is 30.3 Å². The predicted molar refractivity (Wildman–Crippen MR) is 100 cm³/mol. The fraction of sp³-hybridized carbons (Fsp3) is 0.150. The first-order chi connectivity index (χ1) is 14.0. The normalized spacial score (nSPS) is 15.7. The molecule has 0 fully saturated rings. The highest BCUT2D eigenvalue weighted by molar-refractivity contribution is 6.41. The molecule has 2 aromatic carbocycles. The van der Waals surface area contributed by atoms with Crippen molar-refractivity contribution in [2.75, 3.05) is 21.0 Å². The fourth-order valence-corrected chi connectivity index (χ4v) is 3.34. The number of aromatic carboxylic acids is 1. The molecule has 4 rings (SSSR count). The molecule has 0 spiro atoms. The maximum absolute atomic E-state index is 12.8. The van der Waals surface area contributed by atoms with Crippen molar-refractivity contribution >= 4 is 23.0 Å². The van der Waals surface area contributed by atoms with Gasteiger partial charge in [-0.25, -0.2) is 4.79 Å². The first-order valence-electron chi connectivity index (χ1n) is 8.41. The lowest BCUT2D eigenvalue weighted by Crippen LogP contribution is -2.19. The Balaban J connectivity index is 1.96. The molecule has 1 heterocycles. The summed E-state index contributed by atoms with van der Waals surface area (Å²) in [5.74, 6) is -1.48. The molecule has 0 aromatic heterocycles. The SMILES string of the molecule is CO/N=C1\C(c2ccc(OC)c(O)c2C(=O)O)=CC(=O)c2cc3c(cc21)OCO3. The minimum absolute atomic E-state index is 0.0112. The molecule has 29 heavy (non-hydrogen) atoms. The number of carbonyl (C=O) groups excluding carboxylic acids is 1. The zero-order valence-corrected chi connectivity index (χ0v) is 15.4. The average molecular weight is 397 g/mol. The van der Waals surface area contributed by atoms with Gasteiger partial charge in [0, 0.05) is 22.3 Å². The van der Waals surface area contributed by atoms with Gasteiger partial charge in [-0.15, -0.1) is 0 Å². The van der Waals surface area contributed by atoms with Crippen LogP contribution in [0.5, 0.6) is 23.0 Å². The lowest BCUT2D eigenvalue weighted by molar-refractivity contribution is 0.0692. The van der Waals surface area contributed by atoms with Gasteiger partial charge in [-0.2, -0.15) is 0 Å². The number of nitrogens with zero attached hydrogens (tertiary/aromatic N) is 1.